The van der Waals surface area contributed by atoms with Crippen molar-refractivity contribution in [3.8, 4) is 16.9 Å². The van der Waals surface area contributed by atoms with Crippen molar-refractivity contribution < 1.29 is 19.1 Å². The van der Waals surface area contributed by atoms with Crippen LogP contribution in [0.4, 0.5) is 5.00 Å². The molecule has 198 valence electrons. The number of ether oxygens (including phenoxy) is 2. The molecule has 6 heteroatoms. The summed E-state index contributed by atoms with van der Waals surface area (Å²) in [6, 6.07) is 14.0. The zero-order valence-corrected chi connectivity index (χ0v) is 24.1. The second-order valence-electron chi connectivity index (χ2n) is 11.4. The van der Waals surface area contributed by atoms with E-state index in [2.05, 4.69) is 52.1 Å². The van der Waals surface area contributed by atoms with Crippen LogP contribution in [0.3, 0.4) is 0 Å². The normalized spacial score (nSPS) is 11.8. The minimum Gasteiger partial charge on any atom is -0.484 e. The molecule has 0 saturated carbocycles. The van der Waals surface area contributed by atoms with Gasteiger partial charge in [-0.15, -0.1) is 11.3 Å². The Bertz CT molecular complexity index is 1250. The van der Waals surface area contributed by atoms with Crippen LogP contribution in [-0.2, 0) is 14.9 Å². The van der Waals surface area contributed by atoms with Crippen molar-refractivity contribution in [3.63, 3.8) is 0 Å². The summed E-state index contributed by atoms with van der Waals surface area (Å²) in [5, 5.41) is 5.19. The Balaban J connectivity index is 1.72. The van der Waals surface area contributed by atoms with E-state index in [-0.39, 0.29) is 30.0 Å². The highest BCUT2D eigenvalue weighted by molar-refractivity contribution is 7.15. The molecule has 0 saturated heterocycles. The zero-order valence-electron chi connectivity index (χ0n) is 23.3. The lowest BCUT2D eigenvalue weighted by atomic mass is 9.72. The van der Waals surface area contributed by atoms with Gasteiger partial charge in [-0.25, -0.2) is 4.79 Å². The van der Waals surface area contributed by atoms with Gasteiger partial charge in [0.25, 0.3) is 5.91 Å². The first kappa shape index (κ1) is 28.5. The van der Waals surface area contributed by atoms with Gasteiger partial charge in [0.15, 0.2) is 6.61 Å². The topological polar surface area (TPSA) is 64.6 Å². The third kappa shape index (κ3) is 7.45. The number of rotatable bonds is 9. The highest BCUT2D eigenvalue weighted by Crippen LogP contribution is 2.38. The number of benzene rings is 2. The fourth-order valence-electron chi connectivity index (χ4n) is 4.72. The molecule has 3 rings (SSSR count). The molecule has 0 spiro atoms. The molecule has 1 heterocycles. The molecule has 0 aliphatic rings. The van der Waals surface area contributed by atoms with Gasteiger partial charge >= 0.3 is 5.97 Å². The Hall–Kier alpha value is -3.12. The predicted molar refractivity (Wildman–Crippen MR) is 153 cm³/mol. The third-order valence-electron chi connectivity index (χ3n) is 6.32. The smallest absolute Gasteiger partial charge is 0.341 e. The van der Waals surface area contributed by atoms with Crippen LogP contribution < -0.4 is 10.1 Å². The molecule has 0 aliphatic heterocycles. The van der Waals surface area contributed by atoms with Crippen LogP contribution in [0.5, 0.6) is 5.75 Å². The number of aryl methyl sites for hydroxylation is 2. The minimum atomic E-state index is -0.457. The first-order valence-electron chi connectivity index (χ1n) is 12.7. The number of amides is 1. The van der Waals surface area contributed by atoms with Gasteiger partial charge in [0.2, 0.25) is 0 Å². The van der Waals surface area contributed by atoms with E-state index >= 15 is 0 Å². The standard InChI is InChI=1S/C31H39NO4S/c1-9-35-29(34)27-25(22-11-10-20(2)21(3)16-22)18-37-28(27)32-26(33)17-36-24-14-12-23(13-15-24)31(7,8)19-30(4,5)6/h10-16,18H,9,17,19H2,1-8H3,(H,32,33). The lowest BCUT2D eigenvalue weighted by molar-refractivity contribution is -0.118. The number of hydrogen-bond acceptors (Lipinski definition) is 5. The van der Waals surface area contributed by atoms with Crippen LogP contribution in [0.25, 0.3) is 11.1 Å². The van der Waals surface area contributed by atoms with Crippen LogP contribution >= 0.6 is 11.3 Å². The molecular formula is C31H39NO4S. The summed E-state index contributed by atoms with van der Waals surface area (Å²) in [6.45, 7) is 17.2. The molecule has 37 heavy (non-hydrogen) atoms. The van der Waals surface area contributed by atoms with Crippen LogP contribution in [0.15, 0.2) is 47.8 Å². The molecular weight excluding hydrogens is 482 g/mol. The van der Waals surface area contributed by atoms with E-state index < -0.39 is 5.97 Å². The fraction of sp³-hybridized carbons (Fsp3) is 0.419. The number of esters is 1. The van der Waals surface area contributed by atoms with Gasteiger partial charge < -0.3 is 14.8 Å². The molecule has 0 unspecified atom stereocenters. The molecule has 2 aromatic carbocycles. The van der Waals surface area contributed by atoms with E-state index in [1.165, 1.54) is 22.5 Å². The first-order valence-corrected chi connectivity index (χ1v) is 13.6. The largest absolute Gasteiger partial charge is 0.484 e. The summed E-state index contributed by atoms with van der Waals surface area (Å²) in [5.74, 6) is -0.170. The summed E-state index contributed by atoms with van der Waals surface area (Å²) < 4.78 is 11.1. The maximum Gasteiger partial charge on any atom is 0.341 e. The molecule has 0 fully saturated rings. The summed E-state index contributed by atoms with van der Waals surface area (Å²) in [4.78, 5) is 25.6. The van der Waals surface area contributed by atoms with Crippen molar-refractivity contribution in [2.24, 2.45) is 5.41 Å². The maximum absolute atomic E-state index is 12.8. The Morgan fingerprint density at radius 2 is 1.62 bits per heavy atom. The van der Waals surface area contributed by atoms with E-state index in [0.29, 0.717) is 16.3 Å². The van der Waals surface area contributed by atoms with E-state index in [0.717, 1.165) is 23.1 Å². The van der Waals surface area contributed by atoms with Gasteiger partial charge in [-0.05, 0) is 72.4 Å². The van der Waals surface area contributed by atoms with Crippen molar-refractivity contribution in [2.75, 3.05) is 18.5 Å². The lowest BCUT2D eigenvalue weighted by Crippen LogP contribution is -2.24. The van der Waals surface area contributed by atoms with Crippen molar-refractivity contribution in [3.05, 3.63) is 70.1 Å². The molecule has 1 N–H and O–H groups in total. The number of carbonyl (C=O) groups is 2. The molecule has 1 amide bonds. The number of hydrogen-bond donors (Lipinski definition) is 1. The highest BCUT2D eigenvalue weighted by Gasteiger charge is 2.27. The van der Waals surface area contributed by atoms with E-state index in [9.17, 15) is 9.59 Å². The molecule has 0 radical (unpaired) electrons. The summed E-state index contributed by atoms with van der Waals surface area (Å²) >= 11 is 1.31. The van der Waals surface area contributed by atoms with Crippen molar-refractivity contribution in [2.45, 2.75) is 67.2 Å². The van der Waals surface area contributed by atoms with E-state index in [4.69, 9.17) is 9.47 Å². The number of carbonyl (C=O) groups excluding carboxylic acids is 2. The summed E-state index contributed by atoms with van der Waals surface area (Å²) in [6.07, 6.45) is 1.05. The van der Waals surface area contributed by atoms with E-state index in [1.54, 1.807) is 6.92 Å². The van der Waals surface area contributed by atoms with Gasteiger partial charge in [0.05, 0.1) is 6.61 Å². The van der Waals surface area contributed by atoms with Gasteiger partial charge in [-0.1, -0.05) is 65.0 Å². The fourth-order valence-corrected chi connectivity index (χ4v) is 5.69. The Kier molecular flexibility index (Phi) is 8.85. The molecule has 1 aromatic heterocycles. The highest BCUT2D eigenvalue weighted by atomic mass is 32.1. The third-order valence-corrected chi connectivity index (χ3v) is 7.21. The zero-order chi connectivity index (χ0) is 27.4. The number of anilines is 1. The first-order chi connectivity index (χ1) is 17.3. The Morgan fingerprint density at radius 1 is 0.946 bits per heavy atom. The molecule has 0 bridgehead atoms. The van der Waals surface area contributed by atoms with Crippen molar-refractivity contribution in [1.82, 2.24) is 0 Å². The summed E-state index contributed by atoms with van der Waals surface area (Å²) in [7, 11) is 0. The van der Waals surface area contributed by atoms with Crippen molar-refractivity contribution in [1.29, 1.82) is 0 Å². The minimum absolute atomic E-state index is 0.0323. The van der Waals surface area contributed by atoms with Gasteiger partial charge in [0, 0.05) is 10.9 Å². The molecule has 0 aliphatic carbocycles. The predicted octanol–water partition coefficient (Wildman–Crippen LogP) is 7.94. The number of thiophene rings is 1. The van der Waals surface area contributed by atoms with Gasteiger partial charge in [-0.2, -0.15) is 0 Å². The number of nitrogens with one attached hydrogen (secondary N) is 1. The monoisotopic (exact) mass is 521 g/mol. The Labute approximate surface area is 225 Å². The van der Waals surface area contributed by atoms with Crippen LogP contribution in [0.1, 0.15) is 75.0 Å². The average Bonchev–Trinajstić information content (AvgIpc) is 3.22. The Morgan fingerprint density at radius 3 is 2.22 bits per heavy atom. The van der Waals surface area contributed by atoms with E-state index in [1.807, 2.05) is 49.6 Å². The average molecular weight is 522 g/mol. The van der Waals surface area contributed by atoms with Crippen molar-refractivity contribution >= 4 is 28.2 Å². The SMILES string of the molecule is CCOC(=O)c1c(-c2ccc(C)c(C)c2)csc1NC(=O)COc1ccc(C(C)(C)CC(C)(C)C)cc1. The van der Waals surface area contributed by atoms with Crippen LogP contribution in [-0.4, -0.2) is 25.1 Å². The second kappa shape index (κ2) is 11.5. The summed E-state index contributed by atoms with van der Waals surface area (Å²) in [5.41, 5.74) is 5.82. The van der Waals surface area contributed by atoms with Gasteiger partial charge in [0.1, 0.15) is 16.3 Å². The maximum atomic E-state index is 12.8. The molecule has 0 atom stereocenters. The molecule has 3 aromatic rings. The second-order valence-corrected chi connectivity index (χ2v) is 12.2. The lowest BCUT2D eigenvalue weighted by Gasteiger charge is -2.33. The van der Waals surface area contributed by atoms with Gasteiger partial charge in [-0.3, -0.25) is 4.79 Å². The molecule has 5 nitrogen and oxygen atoms in total. The quantitative estimate of drug-likeness (QED) is 0.290. The van der Waals surface area contributed by atoms with Crippen LogP contribution in [0.2, 0.25) is 0 Å². The van der Waals surface area contributed by atoms with Crippen LogP contribution in [0, 0.1) is 19.3 Å².